The molecule has 0 atom stereocenters. The average molecular weight is 425 g/mol. The molecule has 0 N–H and O–H groups in total. The molecule has 2 aromatic rings. The van der Waals surface area contributed by atoms with Crippen molar-refractivity contribution in [1.82, 2.24) is 19.7 Å². The van der Waals surface area contributed by atoms with Crippen LogP contribution in [0.2, 0.25) is 5.02 Å². The summed E-state index contributed by atoms with van der Waals surface area (Å²) in [4.78, 5) is 25.1. The third-order valence-corrected chi connectivity index (χ3v) is 6.00. The molecule has 0 bridgehead atoms. The minimum absolute atomic E-state index is 0.00208. The molecule has 1 fully saturated rings. The van der Waals surface area contributed by atoms with E-state index in [-0.39, 0.29) is 5.91 Å². The highest BCUT2D eigenvalue weighted by atomic mass is 35.5. The molecule has 7 nitrogen and oxygen atoms in total. The van der Waals surface area contributed by atoms with Gasteiger partial charge in [-0.15, -0.1) is 10.2 Å². The number of carbonyl (C=O) groups is 2. The summed E-state index contributed by atoms with van der Waals surface area (Å²) in [5.41, 5.74) is 0.893. The maximum Gasteiger partial charge on any atom is 0.333 e. The number of ether oxygens (including phenoxy) is 1. The van der Waals surface area contributed by atoms with Gasteiger partial charge in [0.1, 0.15) is 6.33 Å². The fourth-order valence-corrected chi connectivity index (χ4v) is 4.43. The van der Waals surface area contributed by atoms with Crippen molar-refractivity contribution in [1.29, 1.82) is 0 Å². The Kier molecular flexibility index (Phi) is 6.81. The van der Waals surface area contributed by atoms with E-state index in [2.05, 4.69) is 14.9 Å². The smallest absolute Gasteiger partial charge is 0.333 e. The van der Waals surface area contributed by atoms with Crippen LogP contribution >= 0.6 is 35.1 Å². The van der Waals surface area contributed by atoms with Crippen LogP contribution < -0.4 is 0 Å². The second kappa shape index (κ2) is 9.29. The van der Waals surface area contributed by atoms with Gasteiger partial charge in [-0.2, -0.15) is 0 Å². The lowest BCUT2D eigenvalue weighted by Crippen LogP contribution is -2.26. The van der Waals surface area contributed by atoms with Gasteiger partial charge >= 0.3 is 5.97 Å². The van der Waals surface area contributed by atoms with Crippen molar-refractivity contribution in [3.8, 4) is 5.69 Å². The quantitative estimate of drug-likeness (QED) is 0.292. The molecule has 1 aliphatic heterocycles. The zero-order chi connectivity index (χ0) is 19.2. The number of halogens is 1. The van der Waals surface area contributed by atoms with Crippen LogP contribution in [0.25, 0.3) is 5.69 Å². The second-order valence-electron chi connectivity index (χ2n) is 5.51. The Bertz CT molecular complexity index is 871. The summed E-state index contributed by atoms with van der Waals surface area (Å²) >= 11 is 8.95. The van der Waals surface area contributed by atoms with E-state index in [1.54, 1.807) is 23.0 Å². The summed E-state index contributed by atoms with van der Waals surface area (Å²) in [5.74, 6) is 0.640. The maximum atomic E-state index is 12.0. The standard InChI is InChI=1S/C17H17ClN4O3S2/c1-25-16(24)9-15-21(14(23)10-27-15)6-3-7-26-17-20-19-11-22(17)13-5-2-4-12(18)8-13/h2,4-5,8-9,11H,3,6-7,10H2,1H3/b15-9+. The summed E-state index contributed by atoms with van der Waals surface area (Å²) in [6, 6.07) is 7.47. The lowest BCUT2D eigenvalue weighted by atomic mass is 10.3. The average Bonchev–Trinajstić information content (AvgIpc) is 3.26. The van der Waals surface area contributed by atoms with E-state index in [1.165, 1.54) is 24.9 Å². The summed E-state index contributed by atoms with van der Waals surface area (Å²) < 4.78 is 6.51. The Hall–Kier alpha value is -1.97. The molecule has 0 saturated carbocycles. The highest BCUT2D eigenvalue weighted by Gasteiger charge is 2.26. The number of methoxy groups -OCH3 is 1. The number of carbonyl (C=O) groups excluding carboxylic acids is 2. The fraction of sp³-hybridized carbons (Fsp3) is 0.294. The molecule has 2 heterocycles. The number of hydrogen-bond acceptors (Lipinski definition) is 7. The normalized spacial score (nSPS) is 15.6. The van der Waals surface area contributed by atoms with E-state index in [0.29, 0.717) is 22.3 Å². The minimum Gasteiger partial charge on any atom is -0.466 e. The highest BCUT2D eigenvalue weighted by Crippen LogP contribution is 2.29. The lowest BCUT2D eigenvalue weighted by Gasteiger charge is -2.16. The topological polar surface area (TPSA) is 77.3 Å². The lowest BCUT2D eigenvalue weighted by molar-refractivity contribution is -0.134. The number of nitrogens with zero attached hydrogens (tertiary/aromatic N) is 4. The largest absolute Gasteiger partial charge is 0.466 e. The van der Waals surface area contributed by atoms with Gasteiger partial charge in [0.25, 0.3) is 0 Å². The number of aromatic nitrogens is 3. The van der Waals surface area contributed by atoms with Gasteiger partial charge < -0.3 is 9.64 Å². The molecule has 3 rings (SSSR count). The van der Waals surface area contributed by atoms with Crippen molar-refractivity contribution in [3.63, 3.8) is 0 Å². The molecular formula is C17H17ClN4O3S2. The Morgan fingerprint density at radius 1 is 1.48 bits per heavy atom. The molecular weight excluding hydrogens is 408 g/mol. The number of benzene rings is 1. The fourth-order valence-electron chi connectivity index (χ4n) is 2.44. The van der Waals surface area contributed by atoms with Crippen LogP contribution in [0.3, 0.4) is 0 Å². The molecule has 1 aliphatic rings. The van der Waals surface area contributed by atoms with E-state index >= 15 is 0 Å². The van der Waals surface area contributed by atoms with E-state index < -0.39 is 5.97 Å². The first kappa shape index (κ1) is 19.8. The van der Waals surface area contributed by atoms with Crippen molar-refractivity contribution < 1.29 is 14.3 Å². The number of thioether (sulfide) groups is 2. The van der Waals surface area contributed by atoms with Gasteiger partial charge in [0.2, 0.25) is 5.91 Å². The molecule has 0 unspecified atom stereocenters. The van der Waals surface area contributed by atoms with Crippen LogP contribution in [0.5, 0.6) is 0 Å². The molecule has 0 aliphatic carbocycles. The highest BCUT2D eigenvalue weighted by molar-refractivity contribution is 8.04. The SMILES string of the molecule is COC(=O)/C=C1/SCC(=O)N1CCCSc1nncn1-c1cccc(Cl)c1. The molecule has 27 heavy (non-hydrogen) atoms. The van der Waals surface area contributed by atoms with Crippen LogP contribution in [0.4, 0.5) is 0 Å². The zero-order valence-electron chi connectivity index (χ0n) is 14.5. The van der Waals surface area contributed by atoms with Crippen LogP contribution in [-0.2, 0) is 14.3 Å². The van der Waals surface area contributed by atoms with Gasteiger partial charge in [0.15, 0.2) is 5.16 Å². The first-order chi connectivity index (χ1) is 13.1. The van der Waals surface area contributed by atoms with E-state index in [1.807, 2.05) is 28.8 Å². The van der Waals surface area contributed by atoms with Crippen LogP contribution in [-0.4, -0.2) is 56.7 Å². The van der Waals surface area contributed by atoms with Crippen molar-refractivity contribution in [2.45, 2.75) is 11.6 Å². The number of hydrogen-bond donors (Lipinski definition) is 0. The van der Waals surface area contributed by atoms with E-state index in [9.17, 15) is 9.59 Å². The van der Waals surface area contributed by atoms with E-state index in [4.69, 9.17) is 11.6 Å². The molecule has 1 aromatic heterocycles. The minimum atomic E-state index is -0.457. The Morgan fingerprint density at radius 2 is 2.33 bits per heavy atom. The summed E-state index contributed by atoms with van der Waals surface area (Å²) in [7, 11) is 1.32. The van der Waals surface area contributed by atoms with Gasteiger partial charge in [-0.1, -0.05) is 41.2 Å². The van der Waals surface area contributed by atoms with Crippen molar-refractivity contribution in [3.05, 3.63) is 46.7 Å². The molecule has 1 aromatic carbocycles. The van der Waals surface area contributed by atoms with Crippen molar-refractivity contribution in [2.24, 2.45) is 0 Å². The number of amides is 1. The van der Waals surface area contributed by atoms with Crippen LogP contribution in [0.15, 0.2) is 46.9 Å². The monoisotopic (exact) mass is 424 g/mol. The summed E-state index contributed by atoms with van der Waals surface area (Å²) in [5, 5.41) is 10.2. The van der Waals surface area contributed by atoms with Gasteiger partial charge in [-0.05, 0) is 24.6 Å². The second-order valence-corrected chi connectivity index (χ2v) is 8.00. The predicted octanol–water partition coefficient (Wildman–Crippen LogP) is 2.99. The first-order valence-corrected chi connectivity index (χ1v) is 10.4. The molecule has 0 radical (unpaired) electrons. The molecule has 142 valence electrons. The molecule has 1 amide bonds. The van der Waals surface area contributed by atoms with Crippen LogP contribution in [0, 0.1) is 0 Å². The van der Waals surface area contributed by atoms with E-state index in [0.717, 1.165) is 23.0 Å². The molecule has 1 saturated heterocycles. The first-order valence-electron chi connectivity index (χ1n) is 8.10. The zero-order valence-corrected chi connectivity index (χ0v) is 16.9. The molecule has 0 spiro atoms. The van der Waals surface area contributed by atoms with Gasteiger partial charge in [0.05, 0.1) is 29.7 Å². The molecule has 10 heteroatoms. The predicted molar refractivity (Wildman–Crippen MR) is 106 cm³/mol. The van der Waals surface area contributed by atoms with Gasteiger partial charge in [-0.25, -0.2) is 4.79 Å². The number of rotatable bonds is 7. The third kappa shape index (κ3) is 5.06. The summed E-state index contributed by atoms with van der Waals surface area (Å²) in [6.45, 7) is 0.535. The third-order valence-electron chi connectivity index (χ3n) is 3.71. The van der Waals surface area contributed by atoms with Gasteiger partial charge in [-0.3, -0.25) is 9.36 Å². The Balaban J connectivity index is 1.57. The maximum absolute atomic E-state index is 12.0. The number of esters is 1. The van der Waals surface area contributed by atoms with Crippen molar-refractivity contribution in [2.75, 3.05) is 25.2 Å². The van der Waals surface area contributed by atoms with Crippen molar-refractivity contribution >= 4 is 47.0 Å². The van der Waals surface area contributed by atoms with Crippen LogP contribution in [0.1, 0.15) is 6.42 Å². The summed E-state index contributed by atoms with van der Waals surface area (Å²) in [6.07, 6.45) is 3.75. The van der Waals surface area contributed by atoms with Gasteiger partial charge in [0, 0.05) is 17.3 Å². The Morgan fingerprint density at radius 3 is 3.11 bits per heavy atom. The Labute approximate surface area is 170 Å².